The van der Waals surface area contributed by atoms with E-state index >= 15 is 0 Å². The Morgan fingerprint density at radius 3 is 2.72 bits per heavy atom. The predicted octanol–water partition coefficient (Wildman–Crippen LogP) is 3.43. The van der Waals surface area contributed by atoms with Crippen molar-refractivity contribution in [2.75, 3.05) is 12.3 Å². The first-order valence-corrected chi connectivity index (χ1v) is 6.42. The van der Waals surface area contributed by atoms with Crippen LogP contribution in [0.4, 0.5) is 5.69 Å². The molecule has 1 heterocycles. The van der Waals surface area contributed by atoms with E-state index in [-0.39, 0.29) is 0 Å². The van der Waals surface area contributed by atoms with Crippen LogP contribution in [0, 0.1) is 0 Å². The molecule has 0 atom stereocenters. The van der Waals surface area contributed by atoms with E-state index in [0.717, 1.165) is 30.9 Å². The van der Waals surface area contributed by atoms with Crippen LogP contribution in [0.25, 0.3) is 11.1 Å². The van der Waals surface area contributed by atoms with Gasteiger partial charge in [0.1, 0.15) is 5.75 Å². The van der Waals surface area contributed by atoms with E-state index in [9.17, 15) is 0 Å². The molecule has 3 rings (SSSR count). The van der Waals surface area contributed by atoms with Gasteiger partial charge in [-0.25, -0.2) is 0 Å². The molecule has 1 aliphatic heterocycles. The molecule has 0 aromatic heterocycles. The van der Waals surface area contributed by atoms with Gasteiger partial charge >= 0.3 is 0 Å². The Kier molecular flexibility index (Phi) is 2.71. The summed E-state index contributed by atoms with van der Waals surface area (Å²) in [5.74, 6) is 1.03. The van der Waals surface area contributed by atoms with Crippen molar-refractivity contribution in [1.82, 2.24) is 0 Å². The highest BCUT2D eigenvalue weighted by molar-refractivity contribution is 5.69. The molecule has 2 nitrogen and oxygen atoms in total. The Labute approximate surface area is 107 Å². The van der Waals surface area contributed by atoms with Crippen molar-refractivity contribution in [2.24, 2.45) is 0 Å². The molecular formula is C16H17NO. The van der Waals surface area contributed by atoms with Gasteiger partial charge in [0.15, 0.2) is 0 Å². The maximum Gasteiger partial charge on any atom is 0.122 e. The van der Waals surface area contributed by atoms with Crippen LogP contribution in [0.3, 0.4) is 0 Å². The van der Waals surface area contributed by atoms with Crippen LogP contribution in [0.15, 0.2) is 36.4 Å². The Balaban J connectivity index is 2.04. The Morgan fingerprint density at radius 2 is 1.89 bits per heavy atom. The van der Waals surface area contributed by atoms with E-state index in [1.165, 1.54) is 22.3 Å². The third kappa shape index (κ3) is 1.84. The number of hydrogen-bond acceptors (Lipinski definition) is 2. The van der Waals surface area contributed by atoms with Crippen molar-refractivity contribution in [3.8, 4) is 16.9 Å². The van der Waals surface area contributed by atoms with Gasteiger partial charge in [0.05, 0.1) is 6.61 Å². The van der Waals surface area contributed by atoms with Crippen LogP contribution in [0.1, 0.15) is 18.1 Å². The summed E-state index contributed by atoms with van der Waals surface area (Å²) in [7, 11) is 0. The molecule has 2 N–H and O–H groups in total. The molecule has 2 heteroatoms. The highest BCUT2D eigenvalue weighted by atomic mass is 16.5. The fourth-order valence-corrected chi connectivity index (χ4v) is 2.46. The zero-order valence-corrected chi connectivity index (χ0v) is 10.6. The lowest BCUT2D eigenvalue weighted by Crippen LogP contribution is -1.93. The summed E-state index contributed by atoms with van der Waals surface area (Å²) in [4.78, 5) is 0. The second-order valence-electron chi connectivity index (χ2n) is 4.69. The van der Waals surface area contributed by atoms with Crippen molar-refractivity contribution in [3.63, 3.8) is 0 Å². The van der Waals surface area contributed by atoms with Gasteiger partial charge in [0.25, 0.3) is 0 Å². The van der Waals surface area contributed by atoms with Crippen LogP contribution in [0.2, 0.25) is 0 Å². The summed E-state index contributed by atoms with van der Waals surface area (Å²) in [5.41, 5.74) is 11.8. The molecule has 0 saturated carbocycles. The van der Waals surface area contributed by atoms with Crippen molar-refractivity contribution >= 4 is 5.69 Å². The third-order valence-corrected chi connectivity index (χ3v) is 3.55. The second kappa shape index (κ2) is 4.37. The van der Waals surface area contributed by atoms with Gasteiger partial charge in [-0.2, -0.15) is 0 Å². The number of ether oxygens (including phenoxy) is 1. The molecule has 0 fully saturated rings. The first-order chi connectivity index (χ1) is 8.78. The lowest BCUT2D eigenvalue weighted by molar-refractivity contribution is 0.357. The molecule has 0 radical (unpaired) electrons. The van der Waals surface area contributed by atoms with E-state index in [1.807, 2.05) is 6.07 Å². The summed E-state index contributed by atoms with van der Waals surface area (Å²) >= 11 is 0. The molecule has 18 heavy (non-hydrogen) atoms. The summed E-state index contributed by atoms with van der Waals surface area (Å²) in [5, 5.41) is 0. The zero-order valence-electron chi connectivity index (χ0n) is 10.6. The fourth-order valence-electron chi connectivity index (χ4n) is 2.46. The van der Waals surface area contributed by atoms with Gasteiger partial charge in [-0.05, 0) is 52.9 Å². The largest absolute Gasteiger partial charge is 0.493 e. The fraction of sp³-hybridized carbons (Fsp3) is 0.250. The highest BCUT2D eigenvalue weighted by Crippen LogP contribution is 2.31. The van der Waals surface area contributed by atoms with E-state index in [1.54, 1.807) is 0 Å². The predicted molar refractivity (Wildman–Crippen MR) is 74.9 cm³/mol. The Bertz CT molecular complexity index is 581. The third-order valence-electron chi connectivity index (χ3n) is 3.55. The maximum atomic E-state index is 5.95. The Hall–Kier alpha value is -1.96. The van der Waals surface area contributed by atoms with E-state index in [0.29, 0.717) is 0 Å². The molecule has 0 amide bonds. The van der Waals surface area contributed by atoms with Crippen molar-refractivity contribution in [1.29, 1.82) is 0 Å². The summed E-state index contributed by atoms with van der Waals surface area (Å²) in [6.07, 6.45) is 1.98. The van der Waals surface area contributed by atoms with Gasteiger partial charge < -0.3 is 10.5 Å². The minimum absolute atomic E-state index is 0.806. The maximum absolute atomic E-state index is 5.95. The summed E-state index contributed by atoms with van der Waals surface area (Å²) < 4.78 is 5.53. The topological polar surface area (TPSA) is 35.2 Å². The SMILES string of the molecule is CCc1cc(-c2ccc3c(c2)CCO3)ccc1N. The monoisotopic (exact) mass is 239 g/mol. The molecule has 0 spiro atoms. The number of hydrogen-bond donors (Lipinski definition) is 1. The first kappa shape index (κ1) is 11.1. The smallest absolute Gasteiger partial charge is 0.122 e. The van der Waals surface area contributed by atoms with Gasteiger partial charge in [-0.1, -0.05) is 19.1 Å². The molecule has 2 aromatic carbocycles. The average molecular weight is 239 g/mol. The minimum Gasteiger partial charge on any atom is -0.493 e. The minimum atomic E-state index is 0.806. The number of fused-ring (bicyclic) bond motifs is 1. The summed E-state index contributed by atoms with van der Waals surface area (Å²) in [6, 6.07) is 12.7. The number of nitrogen functional groups attached to an aromatic ring is 1. The van der Waals surface area contributed by atoms with Crippen LogP contribution >= 0.6 is 0 Å². The van der Waals surface area contributed by atoms with Crippen LogP contribution in [0.5, 0.6) is 5.75 Å². The van der Waals surface area contributed by atoms with Crippen molar-refractivity contribution in [2.45, 2.75) is 19.8 Å². The number of rotatable bonds is 2. The number of benzene rings is 2. The van der Waals surface area contributed by atoms with Crippen molar-refractivity contribution < 1.29 is 4.74 Å². The number of aryl methyl sites for hydroxylation is 1. The lowest BCUT2D eigenvalue weighted by Gasteiger charge is -2.08. The van der Waals surface area contributed by atoms with Crippen molar-refractivity contribution in [3.05, 3.63) is 47.5 Å². The van der Waals surface area contributed by atoms with Gasteiger partial charge in [-0.15, -0.1) is 0 Å². The normalized spacial score (nSPS) is 13.2. The van der Waals surface area contributed by atoms with Gasteiger partial charge in [0, 0.05) is 12.1 Å². The molecule has 1 aliphatic rings. The number of nitrogens with two attached hydrogens (primary N) is 1. The zero-order chi connectivity index (χ0) is 12.5. The molecule has 2 aromatic rings. The lowest BCUT2D eigenvalue weighted by atomic mass is 9.98. The van der Waals surface area contributed by atoms with Gasteiger partial charge in [0.2, 0.25) is 0 Å². The molecule has 92 valence electrons. The highest BCUT2D eigenvalue weighted by Gasteiger charge is 2.12. The number of anilines is 1. The van der Waals surface area contributed by atoms with Gasteiger partial charge in [-0.3, -0.25) is 0 Å². The molecule has 0 unspecified atom stereocenters. The second-order valence-corrected chi connectivity index (χ2v) is 4.69. The van der Waals surface area contributed by atoms with E-state index in [4.69, 9.17) is 10.5 Å². The van der Waals surface area contributed by atoms with Crippen LogP contribution in [-0.2, 0) is 12.8 Å². The quantitative estimate of drug-likeness (QED) is 0.815. The average Bonchev–Trinajstić information content (AvgIpc) is 2.86. The first-order valence-electron chi connectivity index (χ1n) is 6.42. The molecule has 0 aliphatic carbocycles. The van der Waals surface area contributed by atoms with E-state index < -0.39 is 0 Å². The Morgan fingerprint density at radius 1 is 1.11 bits per heavy atom. The van der Waals surface area contributed by atoms with E-state index in [2.05, 4.69) is 37.3 Å². The molecular weight excluding hydrogens is 222 g/mol. The molecule has 0 bridgehead atoms. The standard InChI is InChI=1S/C16H17NO/c1-2-11-9-12(3-5-15(11)17)13-4-6-16-14(10-13)7-8-18-16/h3-6,9-10H,2,7-8,17H2,1H3. The van der Waals surface area contributed by atoms with Crippen LogP contribution in [-0.4, -0.2) is 6.61 Å². The summed E-state index contributed by atoms with van der Waals surface area (Å²) in [6.45, 7) is 2.94. The molecule has 0 saturated heterocycles. The van der Waals surface area contributed by atoms with Crippen LogP contribution < -0.4 is 10.5 Å².